The van der Waals surface area contributed by atoms with Crippen molar-refractivity contribution < 1.29 is 19.4 Å². The minimum atomic E-state index is -0.698. The fraction of sp³-hybridized carbons (Fsp3) is 0.0800. The molecular weight excluding hydrogens is 484 g/mol. The minimum Gasteiger partial charge on any atom is -0.508 e. The summed E-state index contributed by atoms with van der Waals surface area (Å²) in [7, 11) is 1.23. The van der Waals surface area contributed by atoms with Crippen LogP contribution in [0.5, 0.6) is 5.75 Å². The third kappa shape index (κ3) is 5.86. The maximum atomic E-state index is 12.9. The summed E-state index contributed by atoms with van der Waals surface area (Å²) in [5.74, 6) is -0.789. The van der Waals surface area contributed by atoms with E-state index in [9.17, 15) is 14.7 Å². The molecule has 0 bridgehead atoms. The van der Waals surface area contributed by atoms with Gasteiger partial charge in [0.1, 0.15) is 11.4 Å². The van der Waals surface area contributed by atoms with Gasteiger partial charge in [0.2, 0.25) is 5.95 Å². The maximum Gasteiger partial charge on any atom is 0.354 e. The van der Waals surface area contributed by atoms with E-state index in [2.05, 4.69) is 26.2 Å². The Kier molecular flexibility index (Phi) is 7.57. The number of hydrogen-bond acceptors (Lipinski definition) is 8. The number of methoxy groups -OCH3 is 1. The summed E-state index contributed by atoms with van der Waals surface area (Å²) >= 11 is 6.41. The molecule has 0 saturated heterocycles. The first kappa shape index (κ1) is 24.4. The van der Waals surface area contributed by atoms with Crippen molar-refractivity contribution in [3.05, 3.63) is 100 Å². The number of esters is 1. The Hall–Kier alpha value is -4.70. The van der Waals surface area contributed by atoms with Crippen LogP contribution >= 0.6 is 11.6 Å². The van der Waals surface area contributed by atoms with E-state index in [4.69, 9.17) is 16.3 Å². The quantitative estimate of drug-likeness (QED) is 0.245. The van der Waals surface area contributed by atoms with Crippen molar-refractivity contribution in [3.63, 3.8) is 0 Å². The summed E-state index contributed by atoms with van der Waals surface area (Å²) in [4.78, 5) is 25.1. The molecule has 0 aliphatic rings. The summed E-state index contributed by atoms with van der Waals surface area (Å²) in [6, 6.07) is 20.5. The summed E-state index contributed by atoms with van der Waals surface area (Å²) in [6.07, 6.45) is 1.51. The standard InChI is InChI=1S/C25H21ClN6O4/c1-36-24(35)22(13-16-6-3-2-4-7-16)28-23(34)20-11-10-18(14-21(20)26)32-25(29-30-31-32)27-15-17-8-5-9-19(33)12-17/h2-14,33H,15H2,1H3,(H,28,34)(H,27,29,31). The van der Waals surface area contributed by atoms with Crippen LogP contribution in [0.3, 0.4) is 0 Å². The SMILES string of the molecule is COC(=O)C(=Cc1ccccc1)NC(=O)c1ccc(-n2nnnc2NCc2cccc(O)c2)cc1Cl. The van der Waals surface area contributed by atoms with Crippen molar-refractivity contribution in [1.29, 1.82) is 0 Å². The molecule has 0 radical (unpaired) electrons. The zero-order chi connectivity index (χ0) is 25.5. The molecule has 3 N–H and O–H groups in total. The van der Waals surface area contributed by atoms with Gasteiger partial charge in [-0.15, -0.1) is 0 Å². The lowest BCUT2D eigenvalue weighted by molar-refractivity contribution is -0.136. The van der Waals surface area contributed by atoms with Gasteiger partial charge in [-0.05, 0) is 58.0 Å². The average molecular weight is 505 g/mol. The Morgan fingerprint density at radius 2 is 1.89 bits per heavy atom. The molecule has 4 aromatic rings. The van der Waals surface area contributed by atoms with Crippen LogP contribution in [0.1, 0.15) is 21.5 Å². The summed E-state index contributed by atoms with van der Waals surface area (Å²) in [5, 5.41) is 27.1. The highest BCUT2D eigenvalue weighted by molar-refractivity contribution is 6.34. The highest BCUT2D eigenvalue weighted by atomic mass is 35.5. The van der Waals surface area contributed by atoms with Gasteiger partial charge in [-0.25, -0.2) is 4.79 Å². The third-order valence-corrected chi connectivity index (χ3v) is 5.35. The normalized spacial score (nSPS) is 11.1. The van der Waals surface area contributed by atoms with E-state index in [1.165, 1.54) is 30.0 Å². The van der Waals surface area contributed by atoms with Gasteiger partial charge >= 0.3 is 5.97 Å². The van der Waals surface area contributed by atoms with E-state index < -0.39 is 11.9 Å². The predicted molar refractivity (Wildman–Crippen MR) is 133 cm³/mol. The Morgan fingerprint density at radius 3 is 2.61 bits per heavy atom. The fourth-order valence-electron chi connectivity index (χ4n) is 3.30. The summed E-state index contributed by atoms with van der Waals surface area (Å²) in [5.41, 5.74) is 2.16. The van der Waals surface area contributed by atoms with Crippen molar-refractivity contribution in [2.45, 2.75) is 6.54 Å². The van der Waals surface area contributed by atoms with Gasteiger partial charge in [0.25, 0.3) is 5.91 Å². The van der Waals surface area contributed by atoms with Crippen LogP contribution in [-0.2, 0) is 16.1 Å². The molecule has 4 rings (SSSR count). The zero-order valence-corrected chi connectivity index (χ0v) is 19.8. The van der Waals surface area contributed by atoms with E-state index in [1.807, 2.05) is 24.3 Å². The molecule has 182 valence electrons. The molecule has 0 unspecified atom stereocenters. The molecule has 1 amide bonds. The van der Waals surface area contributed by atoms with Crippen LogP contribution in [-0.4, -0.2) is 44.3 Å². The number of carbonyl (C=O) groups excluding carboxylic acids is 2. The van der Waals surface area contributed by atoms with Gasteiger partial charge in [-0.3, -0.25) is 4.79 Å². The lowest BCUT2D eigenvalue weighted by atomic mass is 10.1. The molecule has 1 aromatic heterocycles. The molecule has 0 atom stereocenters. The Bertz CT molecular complexity index is 1420. The molecule has 0 aliphatic heterocycles. The lowest BCUT2D eigenvalue weighted by Gasteiger charge is -2.11. The second-order valence-corrected chi connectivity index (χ2v) is 7.92. The van der Waals surface area contributed by atoms with E-state index in [1.54, 1.807) is 36.4 Å². The van der Waals surface area contributed by atoms with Gasteiger partial charge in [0.05, 0.1) is 23.4 Å². The lowest BCUT2D eigenvalue weighted by Crippen LogP contribution is -2.28. The van der Waals surface area contributed by atoms with Gasteiger partial charge in [0, 0.05) is 6.54 Å². The first-order valence-corrected chi connectivity index (χ1v) is 11.1. The topological polar surface area (TPSA) is 131 Å². The second kappa shape index (κ2) is 11.2. The number of halogens is 1. The van der Waals surface area contributed by atoms with Crippen molar-refractivity contribution in [1.82, 2.24) is 25.5 Å². The Balaban J connectivity index is 1.52. The average Bonchev–Trinajstić information content (AvgIpc) is 3.36. The molecule has 0 spiro atoms. The van der Waals surface area contributed by atoms with Crippen LogP contribution < -0.4 is 10.6 Å². The van der Waals surface area contributed by atoms with Crippen LogP contribution in [0.2, 0.25) is 5.02 Å². The third-order valence-electron chi connectivity index (χ3n) is 5.04. The zero-order valence-electron chi connectivity index (χ0n) is 19.1. The number of benzene rings is 3. The van der Waals surface area contributed by atoms with Gasteiger partial charge in [-0.2, -0.15) is 4.68 Å². The molecule has 10 nitrogen and oxygen atoms in total. The first-order chi connectivity index (χ1) is 17.4. The van der Waals surface area contributed by atoms with Crippen molar-refractivity contribution in [2.24, 2.45) is 0 Å². The predicted octanol–water partition coefficient (Wildman–Crippen LogP) is 3.58. The number of phenols is 1. The molecule has 36 heavy (non-hydrogen) atoms. The van der Waals surface area contributed by atoms with Crippen LogP contribution in [0.25, 0.3) is 11.8 Å². The van der Waals surface area contributed by atoms with Gasteiger partial charge in [0.15, 0.2) is 0 Å². The van der Waals surface area contributed by atoms with E-state index in [0.29, 0.717) is 23.7 Å². The number of nitrogens with zero attached hydrogens (tertiary/aromatic N) is 4. The number of amides is 1. The fourth-order valence-corrected chi connectivity index (χ4v) is 3.56. The maximum absolute atomic E-state index is 12.9. The van der Waals surface area contributed by atoms with E-state index in [-0.39, 0.29) is 22.0 Å². The number of aromatic hydroxyl groups is 1. The highest BCUT2D eigenvalue weighted by Gasteiger charge is 2.18. The monoisotopic (exact) mass is 504 g/mol. The Labute approximate surface area is 211 Å². The van der Waals surface area contributed by atoms with Crippen molar-refractivity contribution >= 4 is 35.5 Å². The van der Waals surface area contributed by atoms with Crippen LogP contribution in [0.4, 0.5) is 5.95 Å². The number of nitrogens with one attached hydrogen (secondary N) is 2. The smallest absolute Gasteiger partial charge is 0.354 e. The number of ether oxygens (including phenoxy) is 1. The largest absolute Gasteiger partial charge is 0.508 e. The number of hydrogen-bond donors (Lipinski definition) is 3. The highest BCUT2D eigenvalue weighted by Crippen LogP contribution is 2.22. The van der Waals surface area contributed by atoms with Crippen LogP contribution in [0, 0.1) is 0 Å². The first-order valence-electron chi connectivity index (χ1n) is 10.7. The second-order valence-electron chi connectivity index (χ2n) is 7.52. The molecule has 3 aromatic carbocycles. The van der Waals surface area contributed by atoms with Gasteiger partial charge in [-0.1, -0.05) is 59.2 Å². The summed E-state index contributed by atoms with van der Waals surface area (Å²) in [6.45, 7) is 0.368. The van der Waals surface area contributed by atoms with Crippen molar-refractivity contribution in [3.8, 4) is 11.4 Å². The molecule has 0 aliphatic carbocycles. The number of aromatic nitrogens is 4. The molecule has 1 heterocycles. The number of carbonyl (C=O) groups is 2. The van der Waals surface area contributed by atoms with Crippen molar-refractivity contribution in [2.75, 3.05) is 12.4 Å². The van der Waals surface area contributed by atoms with E-state index >= 15 is 0 Å². The van der Waals surface area contributed by atoms with E-state index in [0.717, 1.165) is 5.56 Å². The number of rotatable bonds is 8. The molecule has 0 saturated carbocycles. The van der Waals surface area contributed by atoms with Gasteiger partial charge < -0.3 is 20.5 Å². The number of tetrazole rings is 1. The number of phenolic OH excluding ortho intramolecular Hbond substituents is 1. The number of anilines is 1. The van der Waals surface area contributed by atoms with Crippen LogP contribution in [0.15, 0.2) is 78.5 Å². The minimum absolute atomic E-state index is 0.0345. The Morgan fingerprint density at radius 1 is 1.08 bits per heavy atom. The molecule has 0 fully saturated rings. The molecule has 11 heteroatoms. The summed E-state index contributed by atoms with van der Waals surface area (Å²) < 4.78 is 6.22. The molecular formula is C25H21ClN6O4.